The molecule has 7 nitrogen and oxygen atoms in total. The highest BCUT2D eigenvalue weighted by Gasteiger charge is 2.41. The van der Waals surface area contributed by atoms with Crippen LogP contribution in [-0.4, -0.2) is 73.6 Å². The van der Waals surface area contributed by atoms with Crippen molar-refractivity contribution in [1.29, 1.82) is 0 Å². The van der Waals surface area contributed by atoms with E-state index < -0.39 is 5.66 Å². The van der Waals surface area contributed by atoms with Crippen molar-refractivity contribution in [2.75, 3.05) is 39.4 Å². The van der Waals surface area contributed by atoms with E-state index >= 15 is 0 Å². The second-order valence-corrected chi connectivity index (χ2v) is 9.33. The van der Waals surface area contributed by atoms with E-state index in [1.54, 1.807) is 0 Å². The van der Waals surface area contributed by atoms with Crippen LogP contribution in [0.4, 0.5) is 0 Å². The summed E-state index contributed by atoms with van der Waals surface area (Å²) in [5.41, 5.74) is 4.44. The third kappa shape index (κ3) is 4.68. The van der Waals surface area contributed by atoms with Gasteiger partial charge in [-0.15, -0.1) is 0 Å². The van der Waals surface area contributed by atoms with Crippen LogP contribution in [0.25, 0.3) is 0 Å². The third-order valence-electron chi connectivity index (χ3n) is 7.03. The first-order chi connectivity index (χ1) is 17.0. The number of amidine groups is 1. The Balaban J connectivity index is 1.32. The first-order valence-electron chi connectivity index (χ1n) is 12.2. The predicted octanol–water partition coefficient (Wildman–Crippen LogP) is 2.33. The zero-order valence-electron chi connectivity index (χ0n) is 20.4. The average Bonchev–Trinajstić information content (AvgIpc) is 3.25. The maximum Gasteiger partial charge on any atom is 0.171 e. The van der Waals surface area contributed by atoms with E-state index in [1.165, 1.54) is 5.56 Å². The molecule has 2 aromatic rings. The summed E-state index contributed by atoms with van der Waals surface area (Å²) in [4.78, 5) is 9.90. The number of aliphatic hydroxyl groups excluding tert-OH is 1. The quantitative estimate of drug-likeness (QED) is 0.541. The van der Waals surface area contributed by atoms with Crippen LogP contribution in [0, 0.1) is 0 Å². The Labute approximate surface area is 208 Å². The standard InChI is InChI=1S/C27H32BN5O2/c1-19(20-6-4-3-5-7-20)32-12-14-33(15-13-32)24-23(28)18-29-27(2)25(24)30-26(31-27)21-8-10-22(11-9-21)35-17-16-34/h3-11,18-19,29,34H,12-17H2,1-2H3,(H,30,31). The molecule has 2 unspecified atom stereocenters. The molecule has 8 heteroatoms. The number of rotatable bonds is 7. The summed E-state index contributed by atoms with van der Waals surface area (Å²) in [5, 5.41) is 15.9. The molecule has 5 rings (SSSR count). The summed E-state index contributed by atoms with van der Waals surface area (Å²) in [6.07, 6.45) is 1.87. The van der Waals surface area contributed by atoms with Gasteiger partial charge in [-0.25, -0.2) is 4.99 Å². The lowest BCUT2D eigenvalue weighted by atomic mass is 9.86. The summed E-state index contributed by atoms with van der Waals surface area (Å²) in [6.45, 7) is 8.34. The van der Waals surface area contributed by atoms with E-state index in [1.807, 2.05) is 30.5 Å². The smallest absolute Gasteiger partial charge is 0.171 e. The van der Waals surface area contributed by atoms with Crippen LogP contribution in [-0.2, 0) is 0 Å². The number of piperazine rings is 1. The summed E-state index contributed by atoms with van der Waals surface area (Å²) < 4.78 is 5.48. The topological polar surface area (TPSA) is 72.4 Å². The molecule has 2 atom stereocenters. The SMILES string of the molecule is [B]C1=CNC2(C)N=C(c3ccc(OCCO)cc3)NC2=C1N1CCN(C(C)c2ccccc2)CC1. The molecule has 0 bridgehead atoms. The zero-order chi connectivity index (χ0) is 24.4. The maximum atomic E-state index is 8.96. The number of nitrogens with zero attached hydrogens (tertiary/aromatic N) is 3. The van der Waals surface area contributed by atoms with Crippen molar-refractivity contribution in [3.8, 4) is 5.75 Å². The molecule has 0 amide bonds. The van der Waals surface area contributed by atoms with Crippen LogP contribution in [0.5, 0.6) is 5.75 Å². The summed E-state index contributed by atoms with van der Waals surface area (Å²) >= 11 is 0. The monoisotopic (exact) mass is 469 g/mol. The number of fused-ring (bicyclic) bond motifs is 1. The Morgan fingerprint density at radius 1 is 1.09 bits per heavy atom. The van der Waals surface area contributed by atoms with Crippen LogP contribution in [0.2, 0.25) is 0 Å². The molecule has 35 heavy (non-hydrogen) atoms. The Bertz CT molecular complexity index is 1140. The van der Waals surface area contributed by atoms with Crippen LogP contribution >= 0.6 is 0 Å². The molecular formula is C27H32BN5O2. The Morgan fingerprint density at radius 2 is 1.80 bits per heavy atom. The van der Waals surface area contributed by atoms with Crippen molar-refractivity contribution in [3.05, 3.63) is 88.8 Å². The largest absolute Gasteiger partial charge is 0.491 e. The molecule has 0 aromatic heterocycles. The van der Waals surface area contributed by atoms with Crippen molar-refractivity contribution in [1.82, 2.24) is 20.4 Å². The molecule has 1 fully saturated rings. The highest BCUT2D eigenvalue weighted by Crippen LogP contribution is 2.35. The number of allylic oxidation sites excluding steroid dienone is 1. The van der Waals surface area contributed by atoms with Gasteiger partial charge in [0.15, 0.2) is 5.66 Å². The van der Waals surface area contributed by atoms with Gasteiger partial charge in [-0.05, 0) is 49.9 Å². The van der Waals surface area contributed by atoms with Crippen LogP contribution in [0.1, 0.15) is 31.0 Å². The van der Waals surface area contributed by atoms with E-state index in [2.05, 4.69) is 64.6 Å². The van der Waals surface area contributed by atoms with Gasteiger partial charge < -0.3 is 25.4 Å². The highest BCUT2D eigenvalue weighted by molar-refractivity contribution is 6.24. The molecule has 3 aliphatic rings. The maximum absolute atomic E-state index is 8.96. The lowest BCUT2D eigenvalue weighted by Crippen LogP contribution is -2.51. The van der Waals surface area contributed by atoms with Gasteiger partial charge in [0.1, 0.15) is 26.0 Å². The summed E-state index contributed by atoms with van der Waals surface area (Å²) in [5.74, 6) is 1.51. The molecular weight excluding hydrogens is 437 g/mol. The van der Waals surface area contributed by atoms with E-state index in [0.717, 1.165) is 60.2 Å². The average molecular weight is 469 g/mol. The van der Waals surface area contributed by atoms with Gasteiger partial charge >= 0.3 is 0 Å². The fourth-order valence-corrected chi connectivity index (χ4v) is 5.00. The molecule has 3 aliphatic heterocycles. The zero-order valence-corrected chi connectivity index (χ0v) is 20.4. The molecule has 2 radical (unpaired) electrons. The minimum atomic E-state index is -0.603. The van der Waals surface area contributed by atoms with Gasteiger partial charge in [0, 0.05) is 37.8 Å². The van der Waals surface area contributed by atoms with Crippen LogP contribution in [0.15, 0.2) is 82.7 Å². The molecule has 0 saturated carbocycles. The van der Waals surface area contributed by atoms with Crippen molar-refractivity contribution in [3.63, 3.8) is 0 Å². The molecule has 0 aliphatic carbocycles. The number of dihydropyridines is 1. The van der Waals surface area contributed by atoms with Crippen molar-refractivity contribution in [2.24, 2.45) is 4.99 Å². The lowest BCUT2D eigenvalue weighted by molar-refractivity contribution is 0.123. The van der Waals surface area contributed by atoms with E-state index in [0.29, 0.717) is 6.04 Å². The molecule has 3 heterocycles. The van der Waals surface area contributed by atoms with Crippen molar-refractivity contribution < 1.29 is 9.84 Å². The number of ether oxygens (including phenoxy) is 1. The number of hydrogen-bond donors (Lipinski definition) is 3. The molecule has 180 valence electrons. The van der Waals surface area contributed by atoms with E-state index in [-0.39, 0.29) is 13.2 Å². The Hall–Kier alpha value is -3.23. The first kappa shape index (κ1) is 23.5. The van der Waals surface area contributed by atoms with E-state index in [9.17, 15) is 0 Å². The van der Waals surface area contributed by atoms with Gasteiger partial charge in [0.2, 0.25) is 0 Å². The van der Waals surface area contributed by atoms with Crippen LogP contribution in [0.3, 0.4) is 0 Å². The summed E-state index contributed by atoms with van der Waals surface area (Å²) in [6, 6.07) is 18.8. The first-order valence-corrected chi connectivity index (χ1v) is 12.2. The van der Waals surface area contributed by atoms with Gasteiger partial charge in [-0.2, -0.15) is 0 Å². The number of benzene rings is 2. The number of nitrogens with one attached hydrogen (secondary N) is 2. The minimum absolute atomic E-state index is 0.00911. The van der Waals surface area contributed by atoms with Crippen LogP contribution < -0.4 is 15.4 Å². The third-order valence-corrected chi connectivity index (χ3v) is 7.03. The summed E-state index contributed by atoms with van der Waals surface area (Å²) in [7, 11) is 6.52. The van der Waals surface area contributed by atoms with Gasteiger partial charge in [-0.3, -0.25) is 4.90 Å². The number of aliphatic hydroxyl groups is 1. The van der Waals surface area contributed by atoms with Crippen molar-refractivity contribution >= 4 is 13.7 Å². The fraction of sp³-hybridized carbons (Fsp3) is 0.370. The normalized spacial score (nSPS) is 23.1. The molecule has 0 spiro atoms. The second-order valence-electron chi connectivity index (χ2n) is 9.33. The van der Waals surface area contributed by atoms with Crippen molar-refractivity contribution in [2.45, 2.75) is 25.6 Å². The lowest BCUT2D eigenvalue weighted by Gasteiger charge is -2.43. The van der Waals surface area contributed by atoms with Gasteiger partial charge in [0.25, 0.3) is 0 Å². The minimum Gasteiger partial charge on any atom is -0.491 e. The van der Waals surface area contributed by atoms with Gasteiger partial charge in [-0.1, -0.05) is 35.8 Å². The fourth-order valence-electron chi connectivity index (χ4n) is 5.00. The number of aliphatic imine (C=N–C) groups is 1. The Morgan fingerprint density at radius 3 is 2.49 bits per heavy atom. The van der Waals surface area contributed by atoms with E-state index in [4.69, 9.17) is 22.7 Å². The highest BCUT2D eigenvalue weighted by atomic mass is 16.5. The second kappa shape index (κ2) is 9.80. The molecule has 1 saturated heterocycles. The predicted molar refractivity (Wildman–Crippen MR) is 139 cm³/mol. The molecule has 3 N–H and O–H groups in total. The molecule has 2 aromatic carbocycles. The van der Waals surface area contributed by atoms with Gasteiger partial charge in [0.05, 0.1) is 18.0 Å². The Kier molecular flexibility index (Phi) is 6.58. The number of hydrogen-bond acceptors (Lipinski definition) is 7.